The van der Waals surface area contributed by atoms with Crippen LogP contribution in [0.15, 0.2) is 30.6 Å². The Kier molecular flexibility index (Phi) is 5.46. The fourth-order valence-corrected chi connectivity index (χ4v) is 4.50. The summed E-state index contributed by atoms with van der Waals surface area (Å²) in [7, 11) is 0. The van der Waals surface area contributed by atoms with Gasteiger partial charge in [-0.3, -0.25) is 0 Å². The number of alkyl halides is 2. The Morgan fingerprint density at radius 2 is 1.97 bits per heavy atom. The maximum atomic E-state index is 12.4. The second kappa shape index (κ2) is 8.42. The first-order valence-corrected chi connectivity index (χ1v) is 10.9. The highest BCUT2D eigenvalue weighted by Gasteiger charge is 2.24. The number of hydrogen-bond donors (Lipinski definition) is 1. The molecule has 1 N–H and O–H groups in total. The van der Waals surface area contributed by atoms with Gasteiger partial charge in [0.05, 0.1) is 23.5 Å². The van der Waals surface area contributed by atoms with Crippen molar-refractivity contribution in [3.8, 4) is 11.3 Å². The smallest absolute Gasteiger partial charge is 0.345 e. The summed E-state index contributed by atoms with van der Waals surface area (Å²) in [6.45, 7) is 2.17. The number of aryl methyl sites for hydroxylation is 2. The van der Waals surface area contributed by atoms with Gasteiger partial charge in [-0.25, -0.2) is 19.5 Å². The molecule has 0 aromatic carbocycles. The number of imidazole rings is 1. The van der Waals surface area contributed by atoms with E-state index in [1.54, 1.807) is 10.7 Å². The molecular formula is C22H25F2N7O. The zero-order chi connectivity index (χ0) is 22.2. The molecular weight excluding hydrogens is 416 g/mol. The van der Waals surface area contributed by atoms with E-state index in [0.29, 0.717) is 18.8 Å². The molecule has 0 amide bonds. The molecule has 1 saturated carbocycles. The highest BCUT2D eigenvalue weighted by atomic mass is 19.3. The monoisotopic (exact) mass is 441 g/mol. The standard InChI is InChI=1S/C22H25F2N7O/c1-3-30-13(2)26-18-9-8-17(28-20(18)30)16-10-11-31-19(16)12-25-22(29-31)27-14-4-6-15(7-5-14)32-21(23)24/h8-12,14-15,21H,3-7H2,1-2H3,(H,27,29)/t14-,15-. The van der Waals surface area contributed by atoms with Gasteiger partial charge in [0.1, 0.15) is 11.3 Å². The number of fused-ring (bicyclic) bond motifs is 2. The van der Waals surface area contributed by atoms with Gasteiger partial charge in [0.2, 0.25) is 5.95 Å². The van der Waals surface area contributed by atoms with Crippen LogP contribution in [0.1, 0.15) is 38.4 Å². The molecule has 4 aromatic rings. The van der Waals surface area contributed by atoms with Crippen LogP contribution < -0.4 is 5.32 Å². The number of anilines is 1. The topological polar surface area (TPSA) is 82.2 Å². The Labute approximate surface area is 183 Å². The molecule has 4 heterocycles. The van der Waals surface area contributed by atoms with Crippen LogP contribution in [0.5, 0.6) is 0 Å². The number of nitrogens with zero attached hydrogens (tertiary/aromatic N) is 6. The van der Waals surface area contributed by atoms with Gasteiger partial charge in [-0.1, -0.05) is 0 Å². The Morgan fingerprint density at radius 3 is 2.72 bits per heavy atom. The van der Waals surface area contributed by atoms with Crippen molar-refractivity contribution in [2.45, 2.75) is 64.8 Å². The minimum Gasteiger partial charge on any atom is -0.350 e. The zero-order valence-electron chi connectivity index (χ0n) is 18.0. The molecule has 0 aliphatic heterocycles. The van der Waals surface area contributed by atoms with E-state index in [-0.39, 0.29) is 12.1 Å². The summed E-state index contributed by atoms with van der Waals surface area (Å²) in [5, 5.41) is 7.91. The lowest BCUT2D eigenvalue weighted by atomic mass is 9.93. The molecule has 8 nitrogen and oxygen atoms in total. The second-order valence-corrected chi connectivity index (χ2v) is 8.10. The highest BCUT2D eigenvalue weighted by molar-refractivity contribution is 5.82. The van der Waals surface area contributed by atoms with Gasteiger partial charge in [0, 0.05) is 24.3 Å². The average molecular weight is 441 g/mol. The summed E-state index contributed by atoms with van der Waals surface area (Å²) in [6, 6.07) is 6.08. The molecule has 1 aliphatic rings. The minimum absolute atomic E-state index is 0.140. The normalized spacial score (nSPS) is 19.3. The first kappa shape index (κ1) is 20.7. The van der Waals surface area contributed by atoms with Crippen LogP contribution in [-0.4, -0.2) is 47.9 Å². The van der Waals surface area contributed by atoms with Crippen LogP contribution in [0.3, 0.4) is 0 Å². The van der Waals surface area contributed by atoms with Crippen molar-refractivity contribution in [3.05, 3.63) is 36.4 Å². The van der Waals surface area contributed by atoms with E-state index in [0.717, 1.165) is 53.1 Å². The third kappa shape index (κ3) is 3.90. The fraction of sp³-hybridized carbons (Fsp3) is 0.455. The number of nitrogens with one attached hydrogen (secondary N) is 1. The first-order valence-electron chi connectivity index (χ1n) is 10.9. The number of halogens is 2. The molecule has 32 heavy (non-hydrogen) atoms. The van der Waals surface area contributed by atoms with E-state index in [9.17, 15) is 8.78 Å². The zero-order valence-corrected chi connectivity index (χ0v) is 18.0. The molecule has 0 spiro atoms. The summed E-state index contributed by atoms with van der Waals surface area (Å²) in [5.41, 5.74) is 4.40. The van der Waals surface area contributed by atoms with E-state index >= 15 is 0 Å². The van der Waals surface area contributed by atoms with Gasteiger partial charge in [0.25, 0.3) is 0 Å². The molecule has 0 atom stereocenters. The predicted octanol–water partition coefficient (Wildman–Crippen LogP) is 4.43. The summed E-state index contributed by atoms with van der Waals surface area (Å²) in [4.78, 5) is 13.9. The SMILES string of the molecule is CCn1c(C)nc2ccc(-c3ccn4nc(N[C@H]5CC[C@H](OC(F)F)CC5)ncc34)nc21. The quantitative estimate of drug-likeness (QED) is 0.477. The maximum absolute atomic E-state index is 12.4. The molecule has 1 fully saturated rings. The Hall–Kier alpha value is -3.14. The van der Waals surface area contributed by atoms with Crippen molar-refractivity contribution in [1.29, 1.82) is 0 Å². The number of pyridine rings is 1. The van der Waals surface area contributed by atoms with Crippen molar-refractivity contribution >= 4 is 22.6 Å². The number of rotatable bonds is 6. The number of ether oxygens (including phenoxy) is 1. The minimum atomic E-state index is -2.71. The van der Waals surface area contributed by atoms with Gasteiger partial charge in [-0.15, -0.1) is 5.10 Å². The third-order valence-electron chi connectivity index (χ3n) is 6.09. The summed E-state index contributed by atoms with van der Waals surface area (Å²) in [5.74, 6) is 1.46. The van der Waals surface area contributed by atoms with Crippen LogP contribution in [0, 0.1) is 6.92 Å². The lowest BCUT2D eigenvalue weighted by molar-refractivity contribution is -0.169. The van der Waals surface area contributed by atoms with Gasteiger partial charge >= 0.3 is 6.61 Å². The van der Waals surface area contributed by atoms with E-state index in [2.05, 4.69) is 36.6 Å². The highest BCUT2D eigenvalue weighted by Crippen LogP contribution is 2.27. The Morgan fingerprint density at radius 1 is 1.16 bits per heavy atom. The molecule has 0 unspecified atom stereocenters. The maximum Gasteiger partial charge on any atom is 0.345 e. The van der Waals surface area contributed by atoms with Gasteiger partial charge in [0.15, 0.2) is 5.65 Å². The second-order valence-electron chi connectivity index (χ2n) is 8.10. The van der Waals surface area contributed by atoms with Crippen molar-refractivity contribution in [2.24, 2.45) is 0 Å². The summed E-state index contributed by atoms with van der Waals surface area (Å²) < 4.78 is 33.3. The molecule has 10 heteroatoms. The molecule has 1 aliphatic carbocycles. The predicted molar refractivity (Wildman–Crippen MR) is 117 cm³/mol. The summed E-state index contributed by atoms with van der Waals surface area (Å²) in [6.07, 6.45) is 5.97. The van der Waals surface area contributed by atoms with Crippen molar-refractivity contribution in [2.75, 3.05) is 5.32 Å². The average Bonchev–Trinajstić information content (AvgIpc) is 3.33. The molecule has 5 rings (SSSR count). The summed E-state index contributed by atoms with van der Waals surface area (Å²) >= 11 is 0. The van der Waals surface area contributed by atoms with Crippen molar-refractivity contribution in [3.63, 3.8) is 0 Å². The van der Waals surface area contributed by atoms with Crippen LogP contribution in [0.4, 0.5) is 14.7 Å². The van der Waals surface area contributed by atoms with E-state index in [4.69, 9.17) is 4.98 Å². The largest absolute Gasteiger partial charge is 0.350 e. The van der Waals surface area contributed by atoms with Crippen LogP contribution in [0.25, 0.3) is 27.9 Å². The molecule has 168 valence electrons. The molecule has 0 saturated heterocycles. The number of aromatic nitrogens is 6. The van der Waals surface area contributed by atoms with Crippen LogP contribution >= 0.6 is 0 Å². The van der Waals surface area contributed by atoms with Gasteiger partial charge in [-0.2, -0.15) is 8.78 Å². The Bertz CT molecular complexity index is 1240. The van der Waals surface area contributed by atoms with E-state index < -0.39 is 6.61 Å². The fourth-order valence-electron chi connectivity index (χ4n) is 4.50. The first-order chi connectivity index (χ1) is 15.5. The van der Waals surface area contributed by atoms with E-state index in [1.807, 2.05) is 31.3 Å². The van der Waals surface area contributed by atoms with Gasteiger partial charge in [-0.05, 0) is 57.7 Å². The molecule has 4 aromatic heterocycles. The molecule has 0 bridgehead atoms. The van der Waals surface area contributed by atoms with Crippen molar-refractivity contribution < 1.29 is 13.5 Å². The lowest BCUT2D eigenvalue weighted by Gasteiger charge is -2.28. The van der Waals surface area contributed by atoms with Crippen LogP contribution in [-0.2, 0) is 11.3 Å². The number of hydrogen-bond acceptors (Lipinski definition) is 6. The lowest BCUT2D eigenvalue weighted by Crippen LogP contribution is -2.31. The van der Waals surface area contributed by atoms with E-state index in [1.165, 1.54) is 0 Å². The van der Waals surface area contributed by atoms with Gasteiger partial charge < -0.3 is 14.6 Å². The molecule has 0 radical (unpaired) electrons. The Balaban J connectivity index is 1.35. The van der Waals surface area contributed by atoms with Crippen molar-refractivity contribution in [1.82, 2.24) is 29.1 Å². The third-order valence-corrected chi connectivity index (χ3v) is 6.09. The van der Waals surface area contributed by atoms with Crippen LogP contribution in [0.2, 0.25) is 0 Å².